The fourth-order valence-electron chi connectivity index (χ4n) is 1.78. The van der Waals surface area contributed by atoms with Crippen molar-refractivity contribution in [1.82, 2.24) is 9.29 Å². The van der Waals surface area contributed by atoms with Crippen molar-refractivity contribution in [3.63, 3.8) is 0 Å². The number of halogens is 1. The first-order valence-corrected chi connectivity index (χ1v) is 7.70. The predicted molar refractivity (Wildman–Crippen MR) is 71.1 cm³/mol. The summed E-state index contributed by atoms with van der Waals surface area (Å²) in [7, 11) is -1.85. The van der Waals surface area contributed by atoms with Gasteiger partial charge in [-0.3, -0.25) is 4.98 Å². The molecule has 6 nitrogen and oxygen atoms in total. The van der Waals surface area contributed by atoms with Crippen LogP contribution in [0.5, 0.6) is 0 Å². The zero-order valence-electron chi connectivity index (χ0n) is 9.89. The van der Waals surface area contributed by atoms with Gasteiger partial charge in [-0.25, -0.2) is 8.42 Å². The lowest BCUT2D eigenvalue weighted by molar-refractivity contribution is 0.0730. The van der Waals surface area contributed by atoms with Gasteiger partial charge in [0.2, 0.25) is 10.0 Å². The van der Waals surface area contributed by atoms with Crippen LogP contribution >= 0.6 is 15.9 Å². The number of anilines is 1. The van der Waals surface area contributed by atoms with Crippen LogP contribution in [0.4, 0.5) is 5.69 Å². The second-order valence-electron chi connectivity index (χ2n) is 3.76. The van der Waals surface area contributed by atoms with Gasteiger partial charge in [-0.1, -0.05) is 0 Å². The van der Waals surface area contributed by atoms with Crippen molar-refractivity contribution in [2.45, 2.75) is 4.90 Å². The Morgan fingerprint density at radius 2 is 2.06 bits per heavy atom. The lowest BCUT2D eigenvalue weighted by Gasteiger charge is -2.26. The number of rotatable bonds is 3. The van der Waals surface area contributed by atoms with Crippen LogP contribution in [0.3, 0.4) is 0 Å². The van der Waals surface area contributed by atoms with Crippen LogP contribution in [0, 0.1) is 0 Å². The van der Waals surface area contributed by atoms with Gasteiger partial charge >= 0.3 is 0 Å². The summed E-state index contributed by atoms with van der Waals surface area (Å²) < 4.78 is 32.2. The number of ether oxygens (including phenoxy) is 1. The number of hydrogen-bond donors (Lipinski definition) is 1. The van der Waals surface area contributed by atoms with E-state index < -0.39 is 10.0 Å². The van der Waals surface area contributed by atoms with E-state index in [2.05, 4.69) is 26.2 Å². The van der Waals surface area contributed by atoms with Crippen molar-refractivity contribution < 1.29 is 13.2 Å². The lowest BCUT2D eigenvalue weighted by Crippen LogP contribution is -2.40. The van der Waals surface area contributed by atoms with Gasteiger partial charge in [0.05, 0.1) is 23.4 Å². The Morgan fingerprint density at radius 3 is 2.67 bits per heavy atom. The van der Waals surface area contributed by atoms with Crippen molar-refractivity contribution in [2.75, 3.05) is 38.7 Å². The Morgan fingerprint density at radius 1 is 1.39 bits per heavy atom. The molecule has 1 aromatic heterocycles. The largest absolute Gasteiger partial charge is 0.386 e. The van der Waals surface area contributed by atoms with Crippen molar-refractivity contribution in [2.24, 2.45) is 0 Å². The van der Waals surface area contributed by atoms with Gasteiger partial charge in [0.1, 0.15) is 4.90 Å². The molecule has 0 amide bonds. The Hall–Kier alpha value is -0.700. The number of sulfonamides is 1. The molecule has 1 fully saturated rings. The number of aromatic nitrogens is 1. The number of nitrogens with zero attached hydrogens (tertiary/aromatic N) is 2. The van der Waals surface area contributed by atoms with Crippen LogP contribution in [0.2, 0.25) is 0 Å². The maximum atomic E-state index is 12.5. The monoisotopic (exact) mass is 335 g/mol. The molecule has 8 heteroatoms. The molecule has 0 spiro atoms. The van der Waals surface area contributed by atoms with Crippen LogP contribution in [-0.2, 0) is 14.8 Å². The van der Waals surface area contributed by atoms with Crippen LogP contribution < -0.4 is 5.32 Å². The van der Waals surface area contributed by atoms with E-state index in [1.54, 1.807) is 13.2 Å². The molecule has 1 N–H and O–H groups in total. The zero-order chi connectivity index (χ0) is 13.2. The fraction of sp³-hybridized carbons (Fsp3) is 0.500. The summed E-state index contributed by atoms with van der Waals surface area (Å²) in [6.45, 7) is 1.60. The van der Waals surface area contributed by atoms with E-state index in [-0.39, 0.29) is 4.90 Å². The number of pyridine rings is 1. The minimum Gasteiger partial charge on any atom is -0.386 e. The van der Waals surface area contributed by atoms with E-state index in [0.29, 0.717) is 36.5 Å². The molecule has 0 unspecified atom stereocenters. The smallest absolute Gasteiger partial charge is 0.246 e. The molecule has 2 heterocycles. The first-order chi connectivity index (χ1) is 8.57. The molecule has 0 saturated carbocycles. The van der Waals surface area contributed by atoms with Gasteiger partial charge < -0.3 is 10.1 Å². The van der Waals surface area contributed by atoms with Crippen molar-refractivity contribution in [3.8, 4) is 0 Å². The molecule has 1 aromatic rings. The van der Waals surface area contributed by atoms with Crippen molar-refractivity contribution in [1.29, 1.82) is 0 Å². The molecule has 0 aliphatic carbocycles. The summed E-state index contributed by atoms with van der Waals surface area (Å²) in [4.78, 5) is 4.11. The van der Waals surface area contributed by atoms with Gasteiger partial charge in [-0.05, 0) is 15.9 Å². The molecule has 1 saturated heterocycles. The summed E-state index contributed by atoms with van der Waals surface area (Å²) >= 11 is 3.29. The number of nitrogens with one attached hydrogen (secondary N) is 1. The maximum absolute atomic E-state index is 12.5. The molecule has 0 aromatic carbocycles. The highest BCUT2D eigenvalue weighted by atomic mass is 79.9. The van der Waals surface area contributed by atoms with Crippen molar-refractivity contribution >= 4 is 31.6 Å². The minimum atomic E-state index is -3.53. The zero-order valence-corrected chi connectivity index (χ0v) is 12.3. The van der Waals surface area contributed by atoms with E-state index in [4.69, 9.17) is 4.74 Å². The fourth-order valence-corrected chi connectivity index (χ4v) is 4.01. The topological polar surface area (TPSA) is 71.5 Å². The normalized spacial score (nSPS) is 17.7. The second-order valence-corrected chi connectivity index (χ2v) is 6.52. The van der Waals surface area contributed by atoms with Gasteiger partial charge in [0, 0.05) is 32.5 Å². The van der Waals surface area contributed by atoms with E-state index in [0.717, 1.165) is 0 Å². The third kappa shape index (κ3) is 2.51. The Balaban J connectivity index is 2.43. The summed E-state index contributed by atoms with van der Waals surface area (Å²) in [5, 5.41) is 2.89. The second kappa shape index (κ2) is 5.52. The van der Waals surface area contributed by atoms with E-state index >= 15 is 0 Å². The molecule has 0 atom stereocenters. The SMILES string of the molecule is CNc1c(Br)cncc1S(=O)(=O)N1CCOCC1. The van der Waals surface area contributed by atoms with Gasteiger partial charge in [0.25, 0.3) is 0 Å². The third-order valence-corrected chi connectivity index (χ3v) is 5.21. The van der Waals surface area contributed by atoms with E-state index in [1.807, 2.05) is 0 Å². The maximum Gasteiger partial charge on any atom is 0.246 e. The molecule has 0 radical (unpaired) electrons. The highest BCUT2D eigenvalue weighted by Crippen LogP contribution is 2.30. The first-order valence-electron chi connectivity index (χ1n) is 5.46. The molecule has 1 aliphatic heterocycles. The van der Waals surface area contributed by atoms with Crippen LogP contribution in [0.15, 0.2) is 21.8 Å². The number of morpholine rings is 1. The standard InChI is InChI=1S/C10H14BrN3O3S/c1-12-10-8(11)6-13-7-9(10)18(15,16)14-2-4-17-5-3-14/h6-7H,2-5H2,1H3,(H,12,13). The van der Waals surface area contributed by atoms with E-state index in [1.165, 1.54) is 10.5 Å². The summed E-state index contributed by atoms with van der Waals surface area (Å²) in [6.07, 6.45) is 2.92. The molecular weight excluding hydrogens is 322 g/mol. The molecule has 1 aliphatic rings. The molecular formula is C10H14BrN3O3S. The predicted octanol–water partition coefficient (Wildman–Crippen LogP) is 0.907. The average molecular weight is 336 g/mol. The third-order valence-electron chi connectivity index (χ3n) is 2.70. The molecule has 100 valence electrons. The molecule has 18 heavy (non-hydrogen) atoms. The Labute approximate surface area is 115 Å². The average Bonchev–Trinajstić information content (AvgIpc) is 2.39. The van der Waals surface area contributed by atoms with Crippen LogP contribution in [-0.4, -0.2) is 51.1 Å². The Bertz CT molecular complexity index is 529. The van der Waals surface area contributed by atoms with E-state index in [9.17, 15) is 8.42 Å². The van der Waals surface area contributed by atoms with Crippen LogP contribution in [0.1, 0.15) is 0 Å². The van der Waals surface area contributed by atoms with Crippen molar-refractivity contribution in [3.05, 3.63) is 16.9 Å². The molecule has 2 rings (SSSR count). The van der Waals surface area contributed by atoms with Gasteiger partial charge in [-0.15, -0.1) is 0 Å². The highest BCUT2D eigenvalue weighted by molar-refractivity contribution is 9.10. The summed E-state index contributed by atoms with van der Waals surface area (Å²) in [6, 6.07) is 0. The molecule has 0 bridgehead atoms. The summed E-state index contributed by atoms with van der Waals surface area (Å²) in [5.74, 6) is 0. The van der Waals surface area contributed by atoms with Gasteiger partial charge in [-0.2, -0.15) is 4.31 Å². The summed E-state index contributed by atoms with van der Waals surface area (Å²) in [5.41, 5.74) is 0.525. The lowest BCUT2D eigenvalue weighted by atomic mass is 10.4. The minimum absolute atomic E-state index is 0.182. The first kappa shape index (κ1) is 13.7. The quantitative estimate of drug-likeness (QED) is 0.888. The van der Waals surface area contributed by atoms with Gasteiger partial charge in [0.15, 0.2) is 0 Å². The number of hydrogen-bond acceptors (Lipinski definition) is 5. The Kier molecular flexibility index (Phi) is 4.21. The highest BCUT2D eigenvalue weighted by Gasteiger charge is 2.29. The van der Waals surface area contributed by atoms with Crippen LogP contribution in [0.25, 0.3) is 0 Å².